The Morgan fingerprint density at radius 3 is 3.05 bits per heavy atom. The molecule has 0 atom stereocenters. The number of nitrogens with two attached hydrogens (primary N) is 1. The molecule has 0 saturated heterocycles. The maximum Gasteiger partial charge on any atom is 0.263 e. The number of nitrogen functional groups attached to an aromatic ring is 1. The van der Waals surface area contributed by atoms with Gasteiger partial charge in [-0.1, -0.05) is 0 Å². The van der Waals surface area contributed by atoms with Crippen molar-refractivity contribution in [1.29, 1.82) is 5.26 Å². The molecule has 92 valence electrons. The highest BCUT2D eigenvalue weighted by atomic mass is 32.2. The SMILES string of the molecule is N#Cc1cccnc1Sc1nc2cc(N)ccc2o1. The highest BCUT2D eigenvalue weighted by molar-refractivity contribution is 7.99. The maximum atomic E-state index is 9.00. The molecule has 0 bridgehead atoms. The molecule has 5 nitrogen and oxygen atoms in total. The van der Waals surface area contributed by atoms with Crippen LogP contribution in [0, 0.1) is 11.3 Å². The Morgan fingerprint density at radius 1 is 1.32 bits per heavy atom. The number of nitrogens with zero attached hydrogens (tertiary/aromatic N) is 3. The molecule has 6 heteroatoms. The van der Waals surface area contributed by atoms with Crippen LogP contribution in [0.25, 0.3) is 11.1 Å². The molecule has 0 saturated carbocycles. The summed E-state index contributed by atoms with van der Waals surface area (Å²) >= 11 is 1.22. The number of rotatable bonds is 2. The van der Waals surface area contributed by atoms with Gasteiger partial charge in [0.15, 0.2) is 5.58 Å². The van der Waals surface area contributed by atoms with E-state index < -0.39 is 0 Å². The lowest BCUT2D eigenvalue weighted by Crippen LogP contribution is -1.85. The van der Waals surface area contributed by atoms with Gasteiger partial charge in [-0.25, -0.2) is 9.97 Å². The van der Waals surface area contributed by atoms with Crippen molar-refractivity contribution in [2.24, 2.45) is 0 Å². The molecule has 2 heterocycles. The molecule has 1 aromatic carbocycles. The second-order valence-corrected chi connectivity index (χ2v) is 4.72. The van der Waals surface area contributed by atoms with Crippen molar-refractivity contribution >= 4 is 28.5 Å². The van der Waals surface area contributed by atoms with E-state index in [1.165, 1.54) is 11.8 Å². The lowest BCUT2D eigenvalue weighted by molar-refractivity contribution is 0.489. The minimum Gasteiger partial charge on any atom is -0.431 e. The molecule has 2 aromatic heterocycles. The molecule has 0 aliphatic rings. The van der Waals surface area contributed by atoms with E-state index in [4.69, 9.17) is 15.4 Å². The molecule has 3 aromatic rings. The third-order valence-electron chi connectivity index (χ3n) is 2.47. The smallest absolute Gasteiger partial charge is 0.263 e. The first-order valence-electron chi connectivity index (χ1n) is 5.45. The Morgan fingerprint density at radius 2 is 2.21 bits per heavy atom. The maximum absolute atomic E-state index is 9.00. The number of benzene rings is 1. The Labute approximate surface area is 113 Å². The second-order valence-electron chi connectivity index (χ2n) is 3.78. The number of hydrogen-bond donors (Lipinski definition) is 1. The molecular weight excluding hydrogens is 260 g/mol. The Balaban J connectivity index is 1.99. The van der Waals surface area contributed by atoms with Crippen LogP contribution in [0.3, 0.4) is 0 Å². The van der Waals surface area contributed by atoms with E-state index >= 15 is 0 Å². The minimum absolute atomic E-state index is 0.441. The van der Waals surface area contributed by atoms with E-state index in [0.717, 1.165) is 0 Å². The van der Waals surface area contributed by atoms with Crippen molar-refractivity contribution in [2.75, 3.05) is 5.73 Å². The summed E-state index contributed by atoms with van der Waals surface area (Å²) in [6, 6.07) is 10.8. The fraction of sp³-hybridized carbons (Fsp3) is 0. The highest BCUT2D eigenvalue weighted by Gasteiger charge is 2.11. The Bertz CT molecular complexity index is 791. The average Bonchev–Trinajstić information content (AvgIpc) is 2.80. The van der Waals surface area contributed by atoms with Crippen LogP contribution in [0.15, 0.2) is 51.2 Å². The lowest BCUT2D eigenvalue weighted by atomic mass is 10.3. The first-order valence-corrected chi connectivity index (χ1v) is 6.27. The number of pyridine rings is 1. The van der Waals surface area contributed by atoms with Crippen LogP contribution in [-0.2, 0) is 0 Å². The fourth-order valence-corrected chi connectivity index (χ4v) is 2.38. The van der Waals surface area contributed by atoms with Crippen LogP contribution in [-0.4, -0.2) is 9.97 Å². The highest BCUT2D eigenvalue weighted by Crippen LogP contribution is 2.30. The number of anilines is 1. The summed E-state index contributed by atoms with van der Waals surface area (Å²) in [6.45, 7) is 0. The number of oxazole rings is 1. The first-order chi connectivity index (χ1) is 9.26. The number of nitriles is 1. The van der Waals surface area contributed by atoms with Crippen LogP contribution in [0.2, 0.25) is 0 Å². The fourth-order valence-electron chi connectivity index (χ4n) is 1.61. The van der Waals surface area contributed by atoms with E-state index in [-0.39, 0.29) is 0 Å². The van der Waals surface area contributed by atoms with Gasteiger partial charge in [-0.2, -0.15) is 5.26 Å². The standard InChI is InChI=1S/C13H8N4OS/c14-7-8-2-1-5-16-12(8)19-13-17-10-6-9(15)3-4-11(10)18-13/h1-6H,15H2. The molecule has 0 spiro atoms. The monoisotopic (exact) mass is 268 g/mol. The van der Waals surface area contributed by atoms with Crippen LogP contribution < -0.4 is 5.73 Å². The largest absolute Gasteiger partial charge is 0.431 e. The molecule has 3 rings (SSSR count). The number of fused-ring (bicyclic) bond motifs is 1. The van der Waals surface area contributed by atoms with Gasteiger partial charge in [0.2, 0.25) is 0 Å². The molecular formula is C13H8N4OS. The number of aromatic nitrogens is 2. The zero-order valence-corrected chi connectivity index (χ0v) is 10.5. The molecule has 0 aliphatic carbocycles. The van der Waals surface area contributed by atoms with Gasteiger partial charge in [-0.15, -0.1) is 0 Å². The van der Waals surface area contributed by atoms with Crippen molar-refractivity contribution in [3.05, 3.63) is 42.1 Å². The van der Waals surface area contributed by atoms with Gasteiger partial charge in [-0.05, 0) is 42.1 Å². The van der Waals surface area contributed by atoms with Crippen LogP contribution in [0.4, 0.5) is 5.69 Å². The molecule has 0 aliphatic heterocycles. The lowest BCUT2D eigenvalue weighted by Gasteiger charge is -1.97. The van der Waals surface area contributed by atoms with Gasteiger partial charge in [-0.3, -0.25) is 0 Å². The van der Waals surface area contributed by atoms with Gasteiger partial charge in [0.1, 0.15) is 16.6 Å². The topological polar surface area (TPSA) is 88.7 Å². The Hall–Kier alpha value is -2.52. The van der Waals surface area contributed by atoms with Gasteiger partial charge < -0.3 is 10.2 Å². The van der Waals surface area contributed by atoms with E-state index in [1.54, 1.807) is 36.5 Å². The third kappa shape index (κ3) is 2.23. The van der Waals surface area contributed by atoms with Crippen molar-refractivity contribution < 1.29 is 4.42 Å². The van der Waals surface area contributed by atoms with Crippen molar-refractivity contribution in [2.45, 2.75) is 10.2 Å². The molecule has 2 N–H and O–H groups in total. The summed E-state index contributed by atoms with van der Waals surface area (Å²) < 4.78 is 5.57. The van der Waals surface area contributed by atoms with Gasteiger partial charge in [0.05, 0.1) is 5.56 Å². The summed E-state index contributed by atoms with van der Waals surface area (Å²) in [4.78, 5) is 8.46. The van der Waals surface area contributed by atoms with Gasteiger partial charge in [0.25, 0.3) is 5.22 Å². The van der Waals surface area contributed by atoms with E-state index in [2.05, 4.69) is 16.0 Å². The van der Waals surface area contributed by atoms with E-state index in [0.29, 0.717) is 32.6 Å². The summed E-state index contributed by atoms with van der Waals surface area (Å²) in [5.41, 5.74) is 8.16. The zero-order valence-electron chi connectivity index (χ0n) is 9.70. The van der Waals surface area contributed by atoms with Gasteiger partial charge in [0, 0.05) is 11.9 Å². The van der Waals surface area contributed by atoms with Gasteiger partial charge >= 0.3 is 0 Å². The Kier molecular flexibility index (Phi) is 2.82. The first kappa shape index (κ1) is 11.6. The van der Waals surface area contributed by atoms with Crippen LogP contribution in [0.5, 0.6) is 0 Å². The summed E-state index contributed by atoms with van der Waals surface area (Å²) in [5, 5.41) is 10.0. The quantitative estimate of drug-likeness (QED) is 0.719. The van der Waals surface area contributed by atoms with E-state index in [1.807, 2.05) is 0 Å². The zero-order chi connectivity index (χ0) is 13.2. The second kappa shape index (κ2) is 4.63. The van der Waals surface area contributed by atoms with Crippen LogP contribution >= 0.6 is 11.8 Å². The summed E-state index contributed by atoms with van der Waals surface area (Å²) in [6.07, 6.45) is 1.63. The van der Waals surface area contributed by atoms with Crippen molar-refractivity contribution in [3.63, 3.8) is 0 Å². The summed E-state index contributed by atoms with van der Waals surface area (Å²) in [7, 11) is 0. The average molecular weight is 268 g/mol. The molecule has 19 heavy (non-hydrogen) atoms. The van der Waals surface area contributed by atoms with Crippen molar-refractivity contribution in [1.82, 2.24) is 9.97 Å². The van der Waals surface area contributed by atoms with Crippen molar-refractivity contribution in [3.8, 4) is 6.07 Å². The summed E-state index contributed by atoms with van der Waals surface area (Å²) in [5.74, 6) is 0. The predicted molar refractivity (Wildman–Crippen MR) is 71.5 cm³/mol. The molecule has 0 amide bonds. The predicted octanol–water partition coefficient (Wildman–Crippen LogP) is 2.83. The third-order valence-corrected chi connectivity index (χ3v) is 3.34. The number of hydrogen-bond acceptors (Lipinski definition) is 6. The normalized spacial score (nSPS) is 10.5. The molecule has 0 unspecified atom stereocenters. The van der Waals surface area contributed by atoms with Crippen LogP contribution in [0.1, 0.15) is 5.56 Å². The minimum atomic E-state index is 0.441. The molecule has 0 fully saturated rings. The van der Waals surface area contributed by atoms with E-state index in [9.17, 15) is 0 Å². The molecule has 0 radical (unpaired) electrons.